The van der Waals surface area contributed by atoms with Crippen LogP contribution in [0.25, 0.3) is 0 Å². The minimum atomic E-state index is -0.764. The van der Waals surface area contributed by atoms with E-state index in [9.17, 15) is 8.78 Å². The highest BCUT2D eigenvalue weighted by atomic mass is 19.2. The van der Waals surface area contributed by atoms with Crippen molar-refractivity contribution in [2.75, 3.05) is 19.6 Å². The van der Waals surface area contributed by atoms with Crippen LogP contribution < -0.4 is 5.73 Å². The molecule has 2 unspecified atom stereocenters. The van der Waals surface area contributed by atoms with Gasteiger partial charge in [0, 0.05) is 18.2 Å². The van der Waals surface area contributed by atoms with E-state index >= 15 is 0 Å². The normalized spacial score (nSPS) is 22.4. The van der Waals surface area contributed by atoms with Crippen LogP contribution in [-0.2, 0) is 0 Å². The first kappa shape index (κ1) is 14.4. The van der Waals surface area contributed by atoms with Crippen molar-refractivity contribution in [1.29, 1.82) is 0 Å². The number of rotatable bonds is 4. The summed E-state index contributed by atoms with van der Waals surface area (Å²) in [5, 5.41) is 0. The van der Waals surface area contributed by atoms with Gasteiger partial charge in [0.25, 0.3) is 0 Å². The van der Waals surface area contributed by atoms with Gasteiger partial charge in [0.1, 0.15) is 0 Å². The molecule has 4 heteroatoms. The number of nitrogens with zero attached hydrogens (tertiary/aromatic N) is 1. The number of nitrogens with two attached hydrogens (primary N) is 1. The quantitative estimate of drug-likeness (QED) is 0.909. The van der Waals surface area contributed by atoms with E-state index in [2.05, 4.69) is 4.90 Å². The predicted octanol–water partition coefficient (Wildman–Crippen LogP) is 3.09. The van der Waals surface area contributed by atoms with Gasteiger partial charge in [-0.3, -0.25) is 4.90 Å². The summed E-state index contributed by atoms with van der Waals surface area (Å²) in [4.78, 5) is 2.24. The minimum absolute atomic E-state index is 0.0868. The Morgan fingerprint density at radius 3 is 2.95 bits per heavy atom. The van der Waals surface area contributed by atoms with Gasteiger partial charge >= 0.3 is 0 Å². The van der Waals surface area contributed by atoms with Crippen molar-refractivity contribution >= 4 is 0 Å². The number of hydrogen-bond acceptors (Lipinski definition) is 2. The van der Waals surface area contributed by atoms with E-state index in [0.717, 1.165) is 25.9 Å². The van der Waals surface area contributed by atoms with Gasteiger partial charge in [-0.2, -0.15) is 0 Å². The molecule has 1 heterocycles. The van der Waals surface area contributed by atoms with Gasteiger partial charge < -0.3 is 5.73 Å². The second-order valence-electron chi connectivity index (χ2n) is 5.40. The fraction of sp³-hybridized carbons (Fsp3) is 0.600. The van der Waals surface area contributed by atoms with Crippen molar-refractivity contribution < 1.29 is 8.78 Å². The molecule has 1 aromatic carbocycles. The Kier molecular flexibility index (Phi) is 4.88. The highest BCUT2D eigenvalue weighted by molar-refractivity contribution is 5.22. The van der Waals surface area contributed by atoms with Crippen LogP contribution in [0.2, 0.25) is 0 Å². The Hall–Kier alpha value is -1.00. The molecule has 0 spiro atoms. The molecular formula is C15H22F2N2. The molecule has 1 fully saturated rings. The van der Waals surface area contributed by atoms with Gasteiger partial charge in [0.15, 0.2) is 11.6 Å². The third kappa shape index (κ3) is 3.31. The van der Waals surface area contributed by atoms with Crippen LogP contribution in [-0.4, -0.2) is 24.5 Å². The molecule has 0 amide bonds. The summed E-state index contributed by atoms with van der Waals surface area (Å²) in [5.74, 6) is -0.895. The number of likely N-dealkylation sites (tertiary alicyclic amines) is 1. The molecule has 2 rings (SSSR count). The maximum absolute atomic E-state index is 13.8. The van der Waals surface area contributed by atoms with E-state index in [1.165, 1.54) is 12.5 Å². The summed E-state index contributed by atoms with van der Waals surface area (Å²) in [6, 6.07) is 4.33. The van der Waals surface area contributed by atoms with Crippen molar-refractivity contribution in [2.45, 2.75) is 32.2 Å². The fourth-order valence-corrected chi connectivity index (χ4v) is 2.96. The largest absolute Gasteiger partial charge is 0.330 e. The zero-order valence-electron chi connectivity index (χ0n) is 11.4. The summed E-state index contributed by atoms with van der Waals surface area (Å²) in [6.07, 6.45) is 3.30. The number of benzene rings is 1. The topological polar surface area (TPSA) is 29.3 Å². The average molecular weight is 268 g/mol. The molecule has 106 valence electrons. The predicted molar refractivity (Wildman–Crippen MR) is 72.7 cm³/mol. The first-order valence-electron chi connectivity index (χ1n) is 7.01. The van der Waals surface area contributed by atoms with Gasteiger partial charge in [-0.1, -0.05) is 12.1 Å². The summed E-state index contributed by atoms with van der Waals surface area (Å²) in [7, 11) is 0. The molecule has 1 saturated heterocycles. The molecule has 0 aromatic heterocycles. The molecule has 19 heavy (non-hydrogen) atoms. The SMILES string of the molecule is CC(c1cccc(F)c1F)N1CCCC(CCN)C1. The summed E-state index contributed by atoms with van der Waals surface area (Å²) < 4.78 is 27.1. The second-order valence-corrected chi connectivity index (χ2v) is 5.40. The standard InChI is InChI=1S/C15H22F2N2/c1-11(13-5-2-6-14(16)15(13)17)19-9-3-4-12(10-19)7-8-18/h2,5-6,11-12H,3-4,7-10,18H2,1H3. The van der Waals surface area contributed by atoms with E-state index in [1.807, 2.05) is 6.92 Å². The first-order chi connectivity index (χ1) is 9.13. The van der Waals surface area contributed by atoms with Crippen LogP contribution >= 0.6 is 0 Å². The molecule has 0 radical (unpaired) electrons. The Morgan fingerprint density at radius 1 is 1.42 bits per heavy atom. The van der Waals surface area contributed by atoms with E-state index in [0.29, 0.717) is 18.0 Å². The highest BCUT2D eigenvalue weighted by Crippen LogP contribution is 2.29. The summed E-state index contributed by atoms with van der Waals surface area (Å²) >= 11 is 0. The smallest absolute Gasteiger partial charge is 0.163 e. The molecule has 2 atom stereocenters. The third-order valence-electron chi connectivity index (χ3n) is 4.10. The van der Waals surface area contributed by atoms with Crippen molar-refractivity contribution in [3.05, 3.63) is 35.4 Å². The Labute approximate surface area is 113 Å². The lowest BCUT2D eigenvalue weighted by Crippen LogP contribution is -2.38. The van der Waals surface area contributed by atoms with Crippen LogP contribution in [0.3, 0.4) is 0 Å². The zero-order valence-corrected chi connectivity index (χ0v) is 11.4. The van der Waals surface area contributed by atoms with Crippen LogP contribution in [0.4, 0.5) is 8.78 Å². The van der Waals surface area contributed by atoms with E-state index in [1.54, 1.807) is 12.1 Å². The van der Waals surface area contributed by atoms with Crippen LogP contribution in [0.15, 0.2) is 18.2 Å². The fourth-order valence-electron chi connectivity index (χ4n) is 2.96. The molecule has 2 nitrogen and oxygen atoms in total. The molecule has 0 saturated carbocycles. The maximum atomic E-state index is 13.8. The molecule has 1 aliphatic rings. The number of hydrogen-bond donors (Lipinski definition) is 1. The van der Waals surface area contributed by atoms with Crippen LogP contribution in [0.5, 0.6) is 0 Å². The monoisotopic (exact) mass is 268 g/mol. The van der Waals surface area contributed by atoms with E-state index < -0.39 is 11.6 Å². The maximum Gasteiger partial charge on any atom is 0.163 e. The third-order valence-corrected chi connectivity index (χ3v) is 4.10. The van der Waals surface area contributed by atoms with Gasteiger partial charge in [0.2, 0.25) is 0 Å². The summed E-state index contributed by atoms with van der Waals surface area (Å²) in [6.45, 7) is 4.51. The van der Waals surface area contributed by atoms with Gasteiger partial charge in [-0.15, -0.1) is 0 Å². The number of halogens is 2. The van der Waals surface area contributed by atoms with Crippen LogP contribution in [0, 0.1) is 17.6 Å². The molecule has 2 N–H and O–H groups in total. The minimum Gasteiger partial charge on any atom is -0.330 e. The zero-order chi connectivity index (χ0) is 13.8. The number of piperidine rings is 1. The van der Waals surface area contributed by atoms with Crippen molar-refractivity contribution in [3.8, 4) is 0 Å². The van der Waals surface area contributed by atoms with Crippen molar-refractivity contribution in [3.63, 3.8) is 0 Å². The molecule has 0 bridgehead atoms. The van der Waals surface area contributed by atoms with Gasteiger partial charge in [0.05, 0.1) is 0 Å². The Morgan fingerprint density at radius 2 is 2.21 bits per heavy atom. The van der Waals surface area contributed by atoms with Crippen molar-refractivity contribution in [2.24, 2.45) is 11.7 Å². The van der Waals surface area contributed by atoms with Crippen molar-refractivity contribution in [1.82, 2.24) is 4.90 Å². The van der Waals surface area contributed by atoms with E-state index in [-0.39, 0.29) is 6.04 Å². The Bertz CT molecular complexity index is 421. The molecule has 1 aliphatic heterocycles. The van der Waals surface area contributed by atoms with Crippen LogP contribution in [0.1, 0.15) is 37.8 Å². The summed E-state index contributed by atoms with van der Waals surface area (Å²) in [5.41, 5.74) is 6.06. The lowest BCUT2D eigenvalue weighted by atomic mass is 9.92. The first-order valence-corrected chi connectivity index (χ1v) is 7.01. The molecule has 0 aliphatic carbocycles. The van der Waals surface area contributed by atoms with Gasteiger partial charge in [-0.05, 0) is 51.3 Å². The Balaban J connectivity index is 2.10. The lowest BCUT2D eigenvalue weighted by molar-refractivity contribution is 0.126. The highest BCUT2D eigenvalue weighted by Gasteiger charge is 2.26. The average Bonchev–Trinajstić information content (AvgIpc) is 2.42. The lowest BCUT2D eigenvalue weighted by Gasteiger charge is -2.37. The second kappa shape index (κ2) is 6.44. The van der Waals surface area contributed by atoms with Gasteiger partial charge in [-0.25, -0.2) is 8.78 Å². The molecule has 1 aromatic rings. The van der Waals surface area contributed by atoms with E-state index in [4.69, 9.17) is 5.73 Å². The molecular weight excluding hydrogens is 246 g/mol.